The van der Waals surface area contributed by atoms with Crippen molar-refractivity contribution in [3.8, 4) is 5.75 Å². The molecule has 2 heterocycles. The number of thiazole rings is 1. The van der Waals surface area contributed by atoms with E-state index in [1.165, 1.54) is 23.0 Å². The second-order valence-electron chi connectivity index (χ2n) is 8.68. The van der Waals surface area contributed by atoms with Crippen LogP contribution in [0.4, 0.5) is 5.69 Å². The third-order valence-corrected chi connectivity index (χ3v) is 8.16. The van der Waals surface area contributed by atoms with Crippen LogP contribution in [0.2, 0.25) is 0 Å². The molecule has 1 aliphatic heterocycles. The maximum absolute atomic E-state index is 13.8. The summed E-state index contributed by atoms with van der Waals surface area (Å²) < 4.78 is 2.69. The number of allylic oxidation sites excluding steroid dienone is 1. The number of fused-ring (bicyclic) bond motifs is 3. The predicted molar refractivity (Wildman–Crippen MR) is 142 cm³/mol. The minimum Gasteiger partial charge on any atom is -0.507 e. The van der Waals surface area contributed by atoms with Gasteiger partial charge in [0.1, 0.15) is 5.75 Å². The molecule has 0 bridgehead atoms. The van der Waals surface area contributed by atoms with Gasteiger partial charge in [-0.05, 0) is 69.2 Å². The van der Waals surface area contributed by atoms with Crippen molar-refractivity contribution in [2.75, 3.05) is 0 Å². The molecule has 0 amide bonds. The first kappa shape index (κ1) is 22.6. The number of hydrogen-bond acceptors (Lipinski definition) is 6. The Morgan fingerprint density at radius 1 is 1.11 bits per heavy atom. The number of halogens is 1. The van der Waals surface area contributed by atoms with Crippen molar-refractivity contribution < 1.29 is 10.0 Å². The summed E-state index contributed by atoms with van der Waals surface area (Å²) in [5.74, 6) is 0.116. The first-order chi connectivity index (χ1) is 17.4. The van der Waals surface area contributed by atoms with E-state index < -0.39 is 11.0 Å². The molecule has 2 aliphatic rings. The van der Waals surface area contributed by atoms with Crippen LogP contribution in [0.25, 0.3) is 11.8 Å². The molecule has 0 spiro atoms. The largest absolute Gasteiger partial charge is 0.507 e. The summed E-state index contributed by atoms with van der Waals surface area (Å²) in [6.07, 6.45) is 3.29. The monoisotopic (exact) mass is 559 g/mol. The Morgan fingerprint density at radius 3 is 2.75 bits per heavy atom. The molecule has 0 saturated carbocycles. The van der Waals surface area contributed by atoms with Crippen molar-refractivity contribution in [1.82, 2.24) is 4.57 Å². The highest BCUT2D eigenvalue weighted by Gasteiger charge is 2.33. The van der Waals surface area contributed by atoms with Gasteiger partial charge in [0.05, 0.1) is 25.7 Å². The molecule has 3 aromatic carbocycles. The van der Waals surface area contributed by atoms with Crippen molar-refractivity contribution in [1.29, 1.82) is 0 Å². The third kappa shape index (κ3) is 3.71. The van der Waals surface area contributed by atoms with Crippen LogP contribution in [0.5, 0.6) is 5.75 Å². The summed E-state index contributed by atoms with van der Waals surface area (Å²) >= 11 is 4.61. The fourth-order valence-electron chi connectivity index (χ4n) is 4.90. The number of rotatable bonds is 3. The maximum Gasteiger partial charge on any atom is 0.271 e. The number of hydrogen-bond donors (Lipinski definition) is 1. The summed E-state index contributed by atoms with van der Waals surface area (Å²) in [7, 11) is 0. The van der Waals surface area contributed by atoms with Crippen LogP contribution < -0.4 is 14.9 Å². The van der Waals surface area contributed by atoms with Crippen molar-refractivity contribution in [3.05, 3.63) is 129 Å². The second-order valence-corrected chi connectivity index (χ2v) is 10.5. The molecule has 7 nitrogen and oxygen atoms in total. The van der Waals surface area contributed by atoms with E-state index >= 15 is 0 Å². The lowest BCUT2D eigenvalue weighted by molar-refractivity contribution is -0.384. The van der Waals surface area contributed by atoms with Crippen molar-refractivity contribution in [3.63, 3.8) is 0 Å². The molecule has 1 aliphatic carbocycles. The van der Waals surface area contributed by atoms with Crippen LogP contribution in [0.15, 0.2) is 86.6 Å². The highest BCUT2D eigenvalue weighted by Crippen LogP contribution is 2.41. The van der Waals surface area contributed by atoms with Crippen LogP contribution in [-0.2, 0) is 6.42 Å². The molecule has 1 unspecified atom stereocenters. The van der Waals surface area contributed by atoms with Gasteiger partial charge in [-0.2, -0.15) is 0 Å². The van der Waals surface area contributed by atoms with E-state index in [0.29, 0.717) is 25.8 Å². The number of nitro groups is 1. The van der Waals surface area contributed by atoms with Crippen LogP contribution in [0.3, 0.4) is 0 Å². The molecule has 1 atom stereocenters. The molecule has 1 N–H and O–H groups in total. The number of nitrogens with zero attached hydrogens (tertiary/aromatic N) is 3. The lowest BCUT2D eigenvalue weighted by Gasteiger charge is -2.30. The molecule has 4 aromatic rings. The Balaban J connectivity index is 1.62. The number of non-ortho nitro benzene ring substituents is 1. The van der Waals surface area contributed by atoms with Gasteiger partial charge in [0.2, 0.25) is 0 Å². The number of phenolic OH excluding ortho intramolecular Hbond substituents is 1. The van der Waals surface area contributed by atoms with Gasteiger partial charge in [0, 0.05) is 17.7 Å². The Kier molecular flexibility index (Phi) is 5.46. The van der Waals surface area contributed by atoms with Crippen LogP contribution in [0, 0.1) is 10.1 Å². The van der Waals surface area contributed by atoms with Gasteiger partial charge in [-0.25, -0.2) is 4.99 Å². The SMILES string of the molecule is O=c1c(=Cc2ccc(O)c(Br)c2)sc2n1C(c1cccc([N+](=O)[O-])c1)C1=C(N=2)c2ccccc2CC1. The Bertz CT molecular complexity index is 1790. The first-order valence-electron chi connectivity index (χ1n) is 11.3. The Hall–Kier alpha value is -3.82. The van der Waals surface area contributed by atoms with Crippen LogP contribution >= 0.6 is 27.3 Å². The van der Waals surface area contributed by atoms with Crippen molar-refractivity contribution in [2.45, 2.75) is 18.9 Å². The van der Waals surface area contributed by atoms with Gasteiger partial charge in [0.15, 0.2) is 4.80 Å². The van der Waals surface area contributed by atoms with E-state index in [2.05, 4.69) is 22.0 Å². The van der Waals surface area contributed by atoms with Gasteiger partial charge in [-0.1, -0.05) is 53.8 Å². The highest BCUT2D eigenvalue weighted by atomic mass is 79.9. The molecule has 0 fully saturated rings. The lowest BCUT2D eigenvalue weighted by atomic mass is 9.83. The van der Waals surface area contributed by atoms with Crippen molar-refractivity contribution >= 4 is 44.7 Å². The predicted octanol–water partition coefficient (Wildman–Crippen LogP) is 4.70. The minimum atomic E-state index is -0.488. The zero-order chi connectivity index (χ0) is 25.0. The zero-order valence-electron chi connectivity index (χ0n) is 18.7. The fraction of sp³-hybridized carbons (Fsp3) is 0.111. The van der Waals surface area contributed by atoms with Crippen molar-refractivity contribution in [2.24, 2.45) is 4.99 Å². The number of benzene rings is 3. The fourth-order valence-corrected chi connectivity index (χ4v) is 6.29. The quantitative estimate of drug-likeness (QED) is 0.290. The Morgan fingerprint density at radius 2 is 1.94 bits per heavy atom. The molecule has 0 saturated heterocycles. The third-order valence-electron chi connectivity index (χ3n) is 6.54. The number of aromatic nitrogens is 1. The van der Waals surface area contributed by atoms with E-state index in [9.17, 15) is 20.0 Å². The zero-order valence-corrected chi connectivity index (χ0v) is 21.1. The van der Waals surface area contributed by atoms with E-state index in [-0.39, 0.29) is 17.0 Å². The number of aromatic hydroxyl groups is 1. The van der Waals surface area contributed by atoms with E-state index in [1.54, 1.807) is 41.0 Å². The van der Waals surface area contributed by atoms with Crippen LogP contribution in [0.1, 0.15) is 34.7 Å². The maximum atomic E-state index is 13.8. The molecule has 0 radical (unpaired) electrons. The van der Waals surface area contributed by atoms with E-state index in [1.807, 2.05) is 24.3 Å². The summed E-state index contributed by atoms with van der Waals surface area (Å²) in [4.78, 5) is 30.4. The summed E-state index contributed by atoms with van der Waals surface area (Å²) in [6, 6.07) is 19.2. The molecule has 1 aromatic heterocycles. The van der Waals surface area contributed by atoms with Gasteiger partial charge in [-0.15, -0.1) is 0 Å². The number of nitro benzene ring substituents is 1. The molecule has 178 valence electrons. The molecular formula is C27H18BrN3O4S. The molecule has 36 heavy (non-hydrogen) atoms. The van der Waals surface area contributed by atoms with Gasteiger partial charge in [-0.3, -0.25) is 19.5 Å². The number of phenols is 1. The average molecular weight is 560 g/mol. The molecule has 6 rings (SSSR count). The lowest BCUT2D eigenvalue weighted by Crippen LogP contribution is -2.38. The van der Waals surface area contributed by atoms with Gasteiger partial charge < -0.3 is 5.11 Å². The van der Waals surface area contributed by atoms with Crippen LogP contribution in [-0.4, -0.2) is 14.6 Å². The minimum absolute atomic E-state index is 0.0149. The second kappa shape index (κ2) is 8.69. The van der Waals surface area contributed by atoms with E-state index in [0.717, 1.165) is 28.8 Å². The van der Waals surface area contributed by atoms with Gasteiger partial charge in [0.25, 0.3) is 11.2 Å². The summed E-state index contributed by atoms with van der Waals surface area (Å²) in [5, 5.41) is 21.4. The number of aryl methyl sites for hydroxylation is 1. The molecule has 9 heteroatoms. The smallest absolute Gasteiger partial charge is 0.271 e. The summed E-state index contributed by atoms with van der Waals surface area (Å²) in [6.45, 7) is 0. The normalized spacial score (nSPS) is 16.7. The van der Waals surface area contributed by atoms with E-state index in [4.69, 9.17) is 4.99 Å². The van der Waals surface area contributed by atoms with Gasteiger partial charge >= 0.3 is 0 Å². The molecular weight excluding hydrogens is 542 g/mol. The topological polar surface area (TPSA) is 97.7 Å². The summed E-state index contributed by atoms with van der Waals surface area (Å²) in [5.41, 5.74) is 5.29. The first-order valence-corrected chi connectivity index (χ1v) is 12.9. The standard InChI is InChI=1S/C27H18BrN3O4S/c28-21-12-15(8-11-22(21)32)13-23-26(33)30-25(17-5-3-6-18(14-17)31(34)35)20-10-9-16-4-1-2-7-19(16)24(20)29-27(30)36-23/h1-8,11-14,25,32H,9-10H2. The Labute approximate surface area is 217 Å². The average Bonchev–Trinajstić information content (AvgIpc) is 3.19. The highest BCUT2D eigenvalue weighted by molar-refractivity contribution is 9.10.